The van der Waals surface area contributed by atoms with E-state index in [1.54, 1.807) is 24.4 Å². The van der Waals surface area contributed by atoms with E-state index in [1.807, 2.05) is 18.2 Å². The van der Waals surface area contributed by atoms with Gasteiger partial charge in [-0.05, 0) is 24.3 Å². The van der Waals surface area contributed by atoms with E-state index >= 15 is 0 Å². The molecule has 18 heavy (non-hydrogen) atoms. The van der Waals surface area contributed by atoms with E-state index < -0.39 is 0 Å². The maximum Gasteiger partial charge on any atom is 0.139 e. The van der Waals surface area contributed by atoms with Gasteiger partial charge in [-0.1, -0.05) is 35.3 Å². The number of benzene rings is 1. The van der Waals surface area contributed by atoms with E-state index in [4.69, 9.17) is 27.9 Å². The fraction of sp³-hybridized carbons (Fsp3) is 0.154. The Morgan fingerprint density at radius 3 is 2.78 bits per heavy atom. The number of hydrogen-bond donors (Lipinski definition) is 1. The van der Waals surface area contributed by atoms with Crippen molar-refractivity contribution in [2.24, 2.45) is 0 Å². The van der Waals surface area contributed by atoms with Gasteiger partial charge in [-0.3, -0.25) is 0 Å². The number of ether oxygens (including phenoxy) is 1. The fourth-order valence-electron chi connectivity index (χ4n) is 1.40. The highest BCUT2D eigenvalue weighted by atomic mass is 35.5. The molecule has 1 N–H and O–H groups in total. The summed E-state index contributed by atoms with van der Waals surface area (Å²) in [4.78, 5) is 4.14. The summed E-state index contributed by atoms with van der Waals surface area (Å²) in [5.74, 6) is 1.41. The van der Waals surface area contributed by atoms with Crippen LogP contribution in [-0.2, 0) is 0 Å². The first kappa shape index (κ1) is 13.0. The number of nitrogens with one attached hydrogen (secondary N) is 1. The zero-order valence-corrected chi connectivity index (χ0v) is 11.1. The molecule has 0 saturated heterocycles. The highest BCUT2D eigenvalue weighted by molar-refractivity contribution is 6.42. The van der Waals surface area contributed by atoms with E-state index in [2.05, 4.69) is 10.3 Å². The van der Waals surface area contributed by atoms with Gasteiger partial charge in [-0.2, -0.15) is 0 Å². The smallest absolute Gasteiger partial charge is 0.139 e. The van der Waals surface area contributed by atoms with E-state index in [1.165, 1.54) is 0 Å². The number of anilines is 1. The molecule has 0 radical (unpaired) electrons. The Balaban J connectivity index is 1.81. The molecule has 94 valence electrons. The van der Waals surface area contributed by atoms with Crippen molar-refractivity contribution in [3.63, 3.8) is 0 Å². The van der Waals surface area contributed by atoms with Gasteiger partial charge < -0.3 is 10.1 Å². The molecule has 0 atom stereocenters. The average molecular weight is 283 g/mol. The van der Waals surface area contributed by atoms with Gasteiger partial charge in [0.25, 0.3) is 0 Å². The number of nitrogens with zero attached hydrogens (tertiary/aromatic N) is 1. The lowest BCUT2D eigenvalue weighted by Crippen LogP contribution is -2.12. The summed E-state index contributed by atoms with van der Waals surface area (Å²) in [5.41, 5.74) is 0. The molecular formula is C13H12Cl2N2O. The second kappa shape index (κ2) is 6.47. The summed E-state index contributed by atoms with van der Waals surface area (Å²) < 4.78 is 5.53. The van der Waals surface area contributed by atoms with Crippen LogP contribution in [0.25, 0.3) is 0 Å². The molecule has 1 aromatic heterocycles. The van der Waals surface area contributed by atoms with Gasteiger partial charge in [0.2, 0.25) is 0 Å². The van der Waals surface area contributed by atoms with Crippen molar-refractivity contribution in [2.45, 2.75) is 0 Å². The highest BCUT2D eigenvalue weighted by Crippen LogP contribution is 2.31. The van der Waals surface area contributed by atoms with Crippen LogP contribution in [0.5, 0.6) is 5.75 Å². The van der Waals surface area contributed by atoms with E-state index in [-0.39, 0.29) is 0 Å². The van der Waals surface area contributed by atoms with Crippen LogP contribution in [0.3, 0.4) is 0 Å². The molecule has 0 amide bonds. The number of rotatable bonds is 5. The molecule has 0 aliphatic carbocycles. The van der Waals surface area contributed by atoms with Crippen LogP contribution in [0.2, 0.25) is 10.0 Å². The topological polar surface area (TPSA) is 34.1 Å². The van der Waals surface area contributed by atoms with Gasteiger partial charge in [0, 0.05) is 6.20 Å². The molecule has 2 rings (SSSR count). The quantitative estimate of drug-likeness (QED) is 0.845. The molecule has 0 aliphatic rings. The first-order valence-electron chi connectivity index (χ1n) is 5.49. The predicted octanol–water partition coefficient (Wildman–Crippen LogP) is 3.88. The lowest BCUT2D eigenvalue weighted by atomic mass is 10.3. The minimum Gasteiger partial charge on any atom is -0.490 e. The van der Waals surface area contributed by atoms with Crippen molar-refractivity contribution in [3.8, 4) is 5.75 Å². The summed E-state index contributed by atoms with van der Waals surface area (Å²) in [6.07, 6.45) is 1.73. The Morgan fingerprint density at radius 1 is 1.11 bits per heavy atom. The molecule has 0 aliphatic heterocycles. The van der Waals surface area contributed by atoms with Gasteiger partial charge in [-0.15, -0.1) is 0 Å². The lowest BCUT2D eigenvalue weighted by Gasteiger charge is -2.09. The average Bonchev–Trinajstić information content (AvgIpc) is 2.40. The van der Waals surface area contributed by atoms with Crippen LogP contribution in [0.15, 0.2) is 42.6 Å². The second-order valence-electron chi connectivity index (χ2n) is 3.54. The van der Waals surface area contributed by atoms with Crippen molar-refractivity contribution in [1.82, 2.24) is 4.98 Å². The molecule has 0 fully saturated rings. The Bertz CT molecular complexity index is 506. The third-order valence-corrected chi connectivity index (χ3v) is 3.05. The minimum absolute atomic E-state index is 0.442. The molecular weight excluding hydrogens is 271 g/mol. The Kier molecular flexibility index (Phi) is 4.67. The first-order chi connectivity index (χ1) is 8.77. The zero-order chi connectivity index (χ0) is 12.8. The summed E-state index contributed by atoms with van der Waals surface area (Å²) in [7, 11) is 0. The molecule has 0 bridgehead atoms. The van der Waals surface area contributed by atoms with E-state index in [0.29, 0.717) is 28.9 Å². The van der Waals surface area contributed by atoms with Crippen LogP contribution in [-0.4, -0.2) is 18.1 Å². The zero-order valence-electron chi connectivity index (χ0n) is 9.57. The van der Waals surface area contributed by atoms with Crippen molar-refractivity contribution in [2.75, 3.05) is 18.5 Å². The Morgan fingerprint density at radius 2 is 2.00 bits per heavy atom. The van der Waals surface area contributed by atoms with Gasteiger partial charge in [0.15, 0.2) is 0 Å². The van der Waals surface area contributed by atoms with E-state index in [0.717, 1.165) is 5.82 Å². The summed E-state index contributed by atoms with van der Waals surface area (Å²) >= 11 is 11.9. The largest absolute Gasteiger partial charge is 0.490 e. The predicted molar refractivity (Wildman–Crippen MR) is 74.7 cm³/mol. The molecule has 1 aromatic carbocycles. The monoisotopic (exact) mass is 282 g/mol. The SMILES string of the molecule is Clc1cccc(OCCNc2ccccn2)c1Cl. The van der Waals surface area contributed by atoms with Gasteiger partial charge >= 0.3 is 0 Å². The third-order valence-electron chi connectivity index (χ3n) is 2.25. The van der Waals surface area contributed by atoms with Crippen molar-refractivity contribution >= 4 is 29.0 Å². The van der Waals surface area contributed by atoms with Crippen molar-refractivity contribution in [3.05, 3.63) is 52.6 Å². The first-order valence-corrected chi connectivity index (χ1v) is 6.24. The van der Waals surface area contributed by atoms with Crippen molar-refractivity contribution in [1.29, 1.82) is 0 Å². The summed E-state index contributed by atoms with van der Waals surface area (Å²) in [6, 6.07) is 11.0. The normalized spacial score (nSPS) is 10.1. The molecule has 0 unspecified atom stereocenters. The van der Waals surface area contributed by atoms with Crippen LogP contribution in [0, 0.1) is 0 Å². The number of halogens is 2. The minimum atomic E-state index is 0.442. The van der Waals surface area contributed by atoms with Crippen LogP contribution < -0.4 is 10.1 Å². The molecule has 5 heteroatoms. The van der Waals surface area contributed by atoms with Crippen LogP contribution in [0.1, 0.15) is 0 Å². The highest BCUT2D eigenvalue weighted by Gasteiger charge is 2.04. The standard InChI is InChI=1S/C13H12Cl2N2O/c14-10-4-3-5-11(13(10)15)18-9-8-17-12-6-1-2-7-16-12/h1-7H,8-9H2,(H,16,17). The lowest BCUT2D eigenvalue weighted by molar-refractivity contribution is 0.333. The fourth-order valence-corrected chi connectivity index (χ4v) is 1.75. The van der Waals surface area contributed by atoms with Gasteiger partial charge in [0.05, 0.1) is 11.6 Å². The summed E-state index contributed by atoms with van der Waals surface area (Å²) in [5, 5.41) is 4.07. The van der Waals surface area contributed by atoms with Crippen LogP contribution in [0.4, 0.5) is 5.82 Å². The molecule has 3 nitrogen and oxygen atoms in total. The maximum absolute atomic E-state index is 6.00. The molecule has 1 heterocycles. The summed E-state index contributed by atoms with van der Waals surface area (Å²) in [6.45, 7) is 1.12. The number of aromatic nitrogens is 1. The molecule has 0 saturated carbocycles. The Labute approximate surface area is 116 Å². The Hall–Kier alpha value is -1.45. The maximum atomic E-state index is 6.00. The molecule has 2 aromatic rings. The molecule has 0 spiro atoms. The van der Waals surface area contributed by atoms with E-state index in [9.17, 15) is 0 Å². The van der Waals surface area contributed by atoms with Crippen LogP contribution >= 0.6 is 23.2 Å². The van der Waals surface area contributed by atoms with Gasteiger partial charge in [-0.25, -0.2) is 4.98 Å². The second-order valence-corrected chi connectivity index (χ2v) is 4.33. The number of pyridine rings is 1. The van der Waals surface area contributed by atoms with Crippen molar-refractivity contribution < 1.29 is 4.74 Å². The van der Waals surface area contributed by atoms with Gasteiger partial charge in [0.1, 0.15) is 23.2 Å². The number of hydrogen-bond acceptors (Lipinski definition) is 3. The third kappa shape index (κ3) is 3.52.